The average Bonchev–Trinajstić information content (AvgIpc) is 3.66. The summed E-state index contributed by atoms with van der Waals surface area (Å²) in [6.07, 6.45) is 2.90. The third kappa shape index (κ3) is 5.34. The van der Waals surface area contributed by atoms with Gasteiger partial charge in [0.2, 0.25) is 0 Å². The molecule has 11 rings (SSSR count). The Labute approximate surface area is 320 Å². The Balaban J connectivity index is 0.924. The van der Waals surface area contributed by atoms with Crippen LogP contribution in [0.15, 0.2) is 194 Å². The van der Waals surface area contributed by atoms with Crippen LogP contribution >= 0.6 is 0 Å². The molecule has 0 unspecified atom stereocenters. The van der Waals surface area contributed by atoms with E-state index in [1.165, 1.54) is 66.4 Å². The number of rotatable bonds is 5. The largest absolute Gasteiger partial charge is 0.252 e. The highest BCUT2D eigenvalue weighted by Crippen LogP contribution is 2.42. The van der Waals surface area contributed by atoms with Crippen LogP contribution in [0.25, 0.3) is 99.5 Å². The van der Waals surface area contributed by atoms with Crippen LogP contribution in [0.1, 0.15) is 11.1 Å². The van der Waals surface area contributed by atoms with E-state index in [4.69, 9.17) is 9.97 Å². The van der Waals surface area contributed by atoms with Gasteiger partial charge in [-0.1, -0.05) is 164 Å². The van der Waals surface area contributed by atoms with Crippen molar-refractivity contribution >= 4 is 32.6 Å². The van der Waals surface area contributed by atoms with Gasteiger partial charge < -0.3 is 0 Å². The lowest BCUT2D eigenvalue weighted by molar-refractivity contribution is 1.26. The van der Waals surface area contributed by atoms with Gasteiger partial charge in [-0.2, -0.15) is 0 Å². The molecule has 9 aromatic carbocycles. The fraction of sp³-hybridized carbons (Fsp3) is 0.0189. The molecule has 2 nitrogen and oxygen atoms in total. The van der Waals surface area contributed by atoms with Crippen molar-refractivity contribution in [2.24, 2.45) is 0 Å². The Kier molecular flexibility index (Phi) is 7.28. The van der Waals surface area contributed by atoms with E-state index in [0.717, 1.165) is 50.6 Å². The Morgan fingerprint density at radius 3 is 1.40 bits per heavy atom. The lowest BCUT2D eigenvalue weighted by atomic mass is 9.92. The highest BCUT2D eigenvalue weighted by atomic mass is 14.8. The number of hydrogen-bond acceptors (Lipinski definition) is 2. The smallest absolute Gasteiger partial charge is 0.0979 e. The first-order valence-corrected chi connectivity index (χ1v) is 18.9. The topological polar surface area (TPSA) is 25.8 Å². The molecular weight excluding hydrogens is 665 g/mol. The van der Waals surface area contributed by atoms with Crippen molar-refractivity contribution < 1.29 is 0 Å². The first kappa shape index (κ1) is 31.4. The van der Waals surface area contributed by atoms with Crippen LogP contribution in [0, 0.1) is 0 Å². The van der Waals surface area contributed by atoms with Gasteiger partial charge >= 0.3 is 0 Å². The van der Waals surface area contributed by atoms with Gasteiger partial charge in [0.25, 0.3) is 0 Å². The van der Waals surface area contributed by atoms with Crippen LogP contribution in [-0.4, -0.2) is 9.97 Å². The fourth-order valence-electron chi connectivity index (χ4n) is 8.67. The van der Waals surface area contributed by atoms with Crippen molar-refractivity contribution in [3.63, 3.8) is 0 Å². The minimum atomic E-state index is 0.867. The standard InChI is InChI=1S/C53H34N2/c1-2-21-43-41(12-1)32-50-44(26-11-27-45(43)50)40-19-9-17-38(30-40)36-15-7-13-34(28-36)35-14-8-16-37(29-35)39-18-10-20-42(31-39)51-33-54-52-48-24-5-3-22-46(48)47-23-4-6-25-49(47)53(52)55-51/h1-31,33H,32H2. The molecule has 1 aromatic heterocycles. The van der Waals surface area contributed by atoms with Gasteiger partial charge in [-0.15, -0.1) is 0 Å². The van der Waals surface area contributed by atoms with Gasteiger partial charge in [0.1, 0.15) is 0 Å². The normalized spacial score (nSPS) is 11.9. The zero-order valence-electron chi connectivity index (χ0n) is 30.1. The van der Waals surface area contributed by atoms with Gasteiger partial charge in [-0.3, -0.25) is 4.98 Å². The quantitative estimate of drug-likeness (QED) is 0.167. The van der Waals surface area contributed by atoms with Crippen molar-refractivity contribution in [1.29, 1.82) is 0 Å². The summed E-state index contributed by atoms with van der Waals surface area (Å²) >= 11 is 0. The summed E-state index contributed by atoms with van der Waals surface area (Å²) in [6, 6.07) is 68.0. The molecule has 1 aliphatic rings. The van der Waals surface area contributed by atoms with E-state index in [-0.39, 0.29) is 0 Å². The molecule has 2 heteroatoms. The predicted molar refractivity (Wildman–Crippen MR) is 230 cm³/mol. The molecule has 0 radical (unpaired) electrons. The first-order chi connectivity index (χ1) is 27.2. The molecule has 55 heavy (non-hydrogen) atoms. The van der Waals surface area contributed by atoms with Gasteiger partial charge in [-0.25, -0.2) is 4.98 Å². The second-order valence-electron chi connectivity index (χ2n) is 14.5. The molecule has 0 saturated carbocycles. The minimum absolute atomic E-state index is 0.867. The van der Waals surface area contributed by atoms with E-state index in [1.54, 1.807) is 0 Å². The van der Waals surface area contributed by atoms with Crippen molar-refractivity contribution in [3.8, 4) is 66.9 Å². The van der Waals surface area contributed by atoms with Crippen molar-refractivity contribution in [2.45, 2.75) is 6.42 Å². The second-order valence-corrected chi connectivity index (χ2v) is 14.5. The summed E-state index contributed by atoms with van der Waals surface area (Å²) in [5.41, 5.74) is 19.0. The van der Waals surface area contributed by atoms with Crippen molar-refractivity contribution in [3.05, 3.63) is 205 Å². The highest BCUT2D eigenvalue weighted by Gasteiger charge is 2.21. The molecule has 0 amide bonds. The molecule has 1 aliphatic carbocycles. The number of hydrogen-bond donors (Lipinski definition) is 0. The molecule has 0 aliphatic heterocycles. The summed E-state index contributed by atoms with van der Waals surface area (Å²) < 4.78 is 0. The maximum absolute atomic E-state index is 5.25. The van der Waals surface area contributed by atoms with E-state index in [2.05, 4.69) is 188 Å². The molecule has 0 atom stereocenters. The average molecular weight is 699 g/mol. The third-order valence-electron chi connectivity index (χ3n) is 11.3. The minimum Gasteiger partial charge on any atom is -0.252 e. The van der Waals surface area contributed by atoms with E-state index >= 15 is 0 Å². The highest BCUT2D eigenvalue weighted by molar-refractivity contribution is 6.23. The lowest BCUT2D eigenvalue weighted by Gasteiger charge is -2.12. The predicted octanol–water partition coefficient (Wildman–Crippen LogP) is 13.8. The van der Waals surface area contributed by atoms with Crippen LogP contribution in [0.5, 0.6) is 0 Å². The molecule has 0 fully saturated rings. The fourth-order valence-corrected chi connectivity index (χ4v) is 8.67. The van der Waals surface area contributed by atoms with Gasteiger partial charge in [0.15, 0.2) is 0 Å². The van der Waals surface area contributed by atoms with E-state index in [9.17, 15) is 0 Å². The molecular formula is C53H34N2. The van der Waals surface area contributed by atoms with Crippen LogP contribution in [-0.2, 0) is 6.42 Å². The van der Waals surface area contributed by atoms with Crippen LogP contribution in [0.4, 0.5) is 0 Å². The van der Waals surface area contributed by atoms with Crippen molar-refractivity contribution in [1.82, 2.24) is 9.97 Å². The van der Waals surface area contributed by atoms with Crippen LogP contribution in [0.3, 0.4) is 0 Å². The van der Waals surface area contributed by atoms with E-state index < -0.39 is 0 Å². The SMILES string of the molecule is c1cc(-c2cccc(-c3cccc(-c4cccc5c4Cc4ccccc4-5)c3)c2)cc(-c2cccc(-c3cnc4c5ccccc5c5ccccc5c4n3)c2)c1. The number of nitrogens with zero attached hydrogens (tertiary/aromatic N) is 2. The number of fused-ring (bicyclic) bond motifs is 9. The van der Waals surface area contributed by atoms with E-state index in [0.29, 0.717) is 0 Å². The third-order valence-corrected chi connectivity index (χ3v) is 11.3. The summed E-state index contributed by atoms with van der Waals surface area (Å²) in [6.45, 7) is 0. The van der Waals surface area contributed by atoms with Gasteiger partial charge in [0.05, 0.1) is 22.9 Å². The van der Waals surface area contributed by atoms with Gasteiger partial charge in [-0.05, 0) is 108 Å². The number of aromatic nitrogens is 2. The van der Waals surface area contributed by atoms with Gasteiger partial charge in [0, 0.05) is 16.3 Å². The van der Waals surface area contributed by atoms with Crippen molar-refractivity contribution in [2.75, 3.05) is 0 Å². The molecule has 10 aromatic rings. The monoisotopic (exact) mass is 698 g/mol. The zero-order valence-corrected chi connectivity index (χ0v) is 30.1. The van der Waals surface area contributed by atoms with Crippen LogP contribution < -0.4 is 0 Å². The van der Waals surface area contributed by atoms with E-state index in [1.807, 2.05) is 6.20 Å². The maximum Gasteiger partial charge on any atom is 0.0979 e. The number of benzene rings is 9. The van der Waals surface area contributed by atoms with Crippen LogP contribution in [0.2, 0.25) is 0 Å². The molecule has 1 heterocycles. The zero-order chi connectivity index (χ0) is 36.3. The molecule has 0 N–H and O–H groups in total. The molecule has 0 spiro atoms. The first-order valence-electron chi connectivity index (χ1n) is 18.9. The lowest BCUT2D eigenvalue weighted by Crippen LogP contribution is -1.92. The Morgan fingerprint density at radius 2 is 0.764 bits per heavy atom. The Hall–Kier alpha value is -7.16. The molecule has 0 bridgehead atoms. The molecule has 256 valence electrons. The summed E-state index contributed by atoms with van der Waals surface area (Å²) in [5.74, 6) is 0. The Morgan fingerprint density at radius 1 is 0.327 bits per heavy atom. The second kappa shape index (κ2) is 12.8. The Bertz CT molecular complexity index is 3100. The molecule has 0 saturated heterocycles. The summed E-state index contributed by atoms with van der Waals surface area (Å²) in [4.78, 5) is 10.3. The maximum atomic E-state index is 5.25. The summed E-state index contributed by atoms with van der Waals surface area (Å²) in [7, 11) is 0. The summed E-state index contributed by atoms with van der Waals surface area (Å²) in [5, 5.41) is 4.65.